The summed E-state index contributed by atoms with van der Waals surface area (Å²) in [6.07, 6.45) is 1.08. The molecule has 0 aromatic rings. The van der Waals surface area contributed by atoms with Gasteiger partial charge in [0.15, 0.2) is 0 Å². The number of urea groups is 1. The van der Waals surface area contributed by atoms with Gasteiger partial charge in [-0.05, 0) is 33.1 Å². The highest BCUT2D eigenvalue weighted by Gasteiger charge is 2.49. The van der Waals surface area contributed by atoms with Crippen molar-refractivity contribution >= 4 is 23.8 Å². The van der Waals surface area contributed by atoms with Crippen LogP contribution in [-0.4, -0.2) is 51.4 Å². The molecule has 0 bridgehead atoms. The Labute approximate surface area is 135 Å². The second-order valence-electron chi connectivity index (χ2n) is 6.44. The summed E-state index contributed by atoms with van der Waals surface area (Å²) in [6, 6.07) is -0.572. The minimum Gasteiger partial charge on any atom is -0.481 e. The lowest BCUT2D eigenvalue weighted by atomic mass is 9.93. The number of carbonyl (C=O) groups is 4. The Kier molecular flexibility index (Phi) is 5.74. The van der Waals surface area contributed by atoms with Crippen molar-refractivity contribution in [2.24, 2.45) is 0 Å². The molecule has 1 saturated heterocycles. The lowest BCUT2D eigenvalue weighted by molar-refractivity contribution is -0.138. The van der Waals surface area contributed by atoms with Crippen LogP contribution >= 0.6 is 0 Å². The Morgan fingerprint density at radius 2 is 1.83 bits per heavy atom. The topological polar surface area (TPSA) is 116 Å². The lowest BCUT2D eigenvalue weighted by Crippen LogP contribution is -2.50. The van der Waals surface area contributed by atoms with E-state index in [4.69, 9.17) is 5.11 Å². The number of nitrogens with zero attached hydrogens (tertiary/aromatic N) is 1. The fraction of sp³-hybridized carbons (Fsp3) is 0.733. The number of amides is 4. The average Bonchev–Trinajstić information content (AvgIpc) is 2.69. The minimum absolute atomic E-state index is 0.0782. The van der Waals surface area contributed by atoms with Crippen molar-refractivity contribution in [3.8, 4) is 0 Å². The number of rotatable bonds is 8. The summed E-state index contributed by atoms with van der Waals surface area (Å²) in [5, 5.41) is 14.0. The van der Waals surface area contributed by atoms with Crippen LogP contribution < -0.4 is 10.6 Å². The van der Waals surface area contributed by atoms with E-state index >= 15 is 0 Å². The van der Waals surface area contributed by atoms with E-state index in [1.54, 1.807) is 27.7 Å². The van der Waals surface area contributed by atoms with Crippen LogP contribution in [0.3, 0.4) is 0 Å². The van der Waals surface area contributed by atoms with Gasteiger partial charge in [0.05, 0.1) is 0 Å². The zero-order valence-corrected chi connectivity index (χ0v) is 14.1. The van der Waals surface area contributed by atoms with E-state index in [1.807, 2.05) is 0 Å². The monoisotopic (exact) mass is 327 g/mol. The second-order valence-corrected chi connectivity index (χ2v) is 6.44. The Bertz CT molecular complexity index is 511. The van der Waals surface area contributed by atoms with Crippen LogP contribution in [0.1, 0.15) is 53.4 Å². The summed E-state index contributed by atoms with van der Waals surface area (Å²) in [4.78, 5) is 48.0. The molecule has 1 heterocycles. The first-order valence-electron chi connectivity index (χ1n) is 7.74. The van der Waals surface area contributed by atoms with Crippen molar-refractivity contribution in [2.45, 2.75) is 64.5 Å². The summed E-state index contributed by atoms with van der Waals surface area (Å²) in [7, 11) is 0. The van der Waals surface area contributed by atoms with Crippen LogP contribution in [0.4, 0.5) is 4.79 Å². The highest BCUT2D eigenvalue weighted by Crippen LogP contribution is 2.24. The van der Waals surface area contributed by atoms with Gasteiger partial charge in [0.1, 0.15) is 12.1 Å². The first-order chi connectivity index (χ1) is 10.6. The molecular formula is C15H25N3O5. The van der Waals surface area contributed by atoms with E-state index in [1.165, 1.54) is 0 Å². The summed E-state index contributed by atoms with van der Waals surface area (Å²) in [6.45, 7) is 6.63. The Morgan fingerprint density at radius 3 is 2.26 bits per heavy atom. The quantitative estimate of drug-likeness (QED) is 0.572. The van der Waals surface area contributed by atoms with E-state index < -0.39 is 34.9 Å². The summed E-state index contributed by atoms with van der Waals surface area (Å²) in [5.41, 5.74) is -1.67. The van der Waals surface area contributed by atoms with Gasteiger partial charge < -0.3 is 15.7 Å². The van der Waals surface area contributed by atoms with Gasteiger partial charge in [0, 0.05) is 12.0 Å². The summed E-state index contributed by atoms with van der Waals surface area (Å²) >= 11 is 0. The third-order valence-corrected chi connectivity index (χ3v) is 4.20. The number of carbonyl (C=O) groups excluding carboxylic acids is 3. The number of nitrogens with one attached hydrogen (secondary N) is 2. The Hall–Kier alpha value is -2.12. The van der Waals surface area contributed by atoms with Gasteiger partial charge in [0.25, 0.3) is 5.91 Å². The molecule has 0 atom stereocenters. The van der Waals surface area contributed by atoms with E-state index in [2.05, 4.69) is 10.6 Å². The SMILES string of the molecule is CCC1(CC)NC(=O)N(CC(=O)NC(C)(C)CCC(=O)O)C1=O. The molecule has 1 aliphatic heterocycles. The Balaban J connectivity index is 2.69. The maximum atomic E-state index is 12.4. The van der Waals surface area contributed by atoms with Gasteiger partial charge in [-0.15, -0.1) is 0 Å². The average molecular weight is 327 g/mol. The standard InChI is InChI=1S/C15H25N3O5/c1-5-15(6-2)12(22)18(13(23)17-15)9-10(19)16-14(3,4)8-7-11(20)21/h5-9H2,1-4H3,(H,16,19)(H,17,23)(H,20,21). The summed E-state index contributed by atoms with van der Waals surface area (Å²) in [5.74, 6) is -1.84. The molecule has 0 unspecified atom stereocenters. The molecule has 8 nitrogen and oxygen atoms in total. The molecule has 1 fully saturated rings. The number of aliphatic carboxylic acids is 1. The molecule has 0 aromatic heterocycles. The van der Waals surface area contributed by atoms with E-state index in [-0.39, 0.29) is 19.4 Å². The van der Waals surface area contributed by atoms with Gasteiger partial charge >= 0.3 is 12.0 Å². The van der Waals surface area contributed by atoms with Crippen molar-refractivity contribution in [3.63, 3.8) is 0 Å². The minimum atomic E-state index is -0.947. The third kappa shape index (κ3) is 4.43. The molecule has 0 saturated carbocycles. The molecular weight excluding hydrogens is 302 g/mol. The summed E-state index contributed by atoms with van der Waals surface area (Å²) < 4.78 is 0. The molecule has 8 heteroatoms. The fourth-order valence-electron chi connectivity index (χ4n) is 2.59. The first kappa shape index (κ1) is 18.9. The number of carboxylic acid groups (broad SMARTS) is 1. The van der Waals surface area contributed by atoms with Crippen molar-refractivity contribution in [1.82, 2.24) is 15.5 Å². The van der Waals surface area contributed by atoms with Crippen LogP contribution in [-0.2, 0) is 14.4 Å². The highest BCUT2D eigenvalue weighted by atomic mass is 16.4. The smallest absolute Gasteiger partial charge is 0.325 e. The molecule has 0 aliphatic carbocycles. The molecule has 4 amide bonds. The van der Waals surface area contributed by atoms with E-state index in [0.717, 1.165) is 4.90 Å². The number of imide groups is 1. The van der Waals surface area contributed by atoms with Crippen LogP contribution in [0.25, 0.3) is 0 Å². The molecule has 3 N–H and O–H groups in total. The first-order valence-corrected chi connectivity index (χ1v) is 7.74. The predicted molar refractivity (Wildman–Crippen MR) is 82.6 cm³/mol. The van der Waals surface area contributed by atoms with Gasteiger partial charge in [-0.3, -0.25) is 19.3 Å². The highest BCUT2D eigenvalue weighted by molar-refractivity contribution is 6.09. The largest absolute Gasteiger partial charge is 0.481 e. The molecule has 130 valence electrons. The van der Waals surface area contributed by atoms with Crippen LogP contribution in [0, 0.1) is 0 Å². The van der Waals surface area contributed by atoms with Gasteiger partial charge in [-0.25, -0.2) is 4.79 Å². The molecule has 1 aliphatic rings. The third-order valence-electron chi connectivity index (χ3n) is 4.20. The molecule has 0 aromatic carbocycles. The zero-order chi connectivity index (χ0) is 17.8. The molecule has 1 rings (SSSR count). The van der Waals surface area contributed by atoms with Crippen molar-refractivity contribution in [2.75, 3.05) is 6.54 Å². The van der Waals surface area contributed by atoms with Gasteiger partial charge in [0.2, 0.25) is 5.91 Å². The predicted octanol–water partition coefficient (Wildman–Crippen LogP) is 0.857. The number of carboxylic acids is 1. The molecule has 0 radical (unpaired) electrons. The van der Waals surface area contributed by atoms with E-state index in [0.29, 0.717) is 12.8 Å². The van der Waals surface area contributed by atoms with Crippen molar-refractivity contribution < 1.29 is 24.3 Å². The maximum Gasteiger partial charge on any atom is 0.325 e. The lowest BCUT2D eigenvalue weighted by Gasteiger charge is -2.27. The van der Waals surface area contributed by atoms with Crippen molar-refractivity contribution in [1.29, 1.82) is 0 Å². The normalized spacial score (nSPS) is 17.1. The number of hydrogen-bond acceptors (Lipinski definition) is 4. The second kappa shape index (κ2) is 6.97. The van der Waals surface area contributed by atoms with Crippen molar-refractivity contribution in [3.05, 3.63) is 0 Å². The zero-order valence-electron chi connectivity index (χ0n) is 14.1. The van der Waals surface area contributed by atoms with Crippen LogP contribution in [0.15, 0.2) is 0 Å². The van der Waals surface area contributed by atoms with Crippen LogP contribution in [0.2, 0.25) is 0 Å². The van der Waals surface area contributed by atoms with Gasteiger partial charge in [-0.2, -0.15) is 0 Å². The van der Waals surface area contributed by atoms with Crippen LogP contribution in [0.5, 0.6) is 0 Å². The van der Waals surface area contributed by atoms with Gasteiger partial charge in [-0.1, -0.05) is 13.8 Å². The number of hydrogen-bond donors (Lipinski definition) is 3. The molecule has 0 spiro atoms. The maximum absolute atomic E-state index is 12.4. The Morgan fingerprint density at radius 1 is 1.26 bits per heavy atom. The fourth-order valence-corrected chi connectivity index (χ4v) is 2.59. The van der Waals surface area contributed by atoms with E-state index in [9.17, 15) is 19.2 Å². The molecule has 23 heavy (non-hydrogen) atoms.